The summed E-state index contributed by atoms with van der Waals surface area (Å²) in [6.45, 7) is 6.09. The number of benzene rings is 1. The predicted octanol–water partition coefficient (Wildman–Crippen LogP) is 2.46. The Labute approximate surface area is 115 Å². The van der Waals surface area contributed by atoms with Crippen LogP contribution in [0.25, 0.3) is 0 Å². The van der Waals surface area contributed by atoms with Crippen LogP contribution in [0.3, 0.4) is 0 Å². The highest BCUT2D eigenvalue weighted by Crippen LogP contribution is 2.37. The lowest BCUT2D eigenvalue weighted by Crippen LogP contribution is -2.09. The van der Waals surface area contributed by atoms with Crippen molar-refractivity contribution < 1.29 is 19.3 Å². The second-order valence-corrected chi connectivity index (χ2v) is 3.73. The molecule has 1 aromatic carbocycles. The van der Waals surface area contributed by atoms with E-state index in [1.54, 1.807) is 26.2 Å². The van der Waals surface area contributed by atoms with Crippen LogP contribution in [0.5, 0.6) is 17.2 Å². The molecule has 0 bridgehead atoms. The minimum atomic E-state index is -0.402. The van der Waals surface area contributed by atoms with Gasteiger partial charge in [-0.15, -0.1) is 0 Å². The van der Waals surface area contributed by atoms with E-state index in [2.05, 4.69) is 0 Å². The third kappa shape index (κ3) is 5.70. The van der Waals surface area contributed by atoms with Gasteiger partial charge in [-0.25, -0.2) is 0 Å². The molecule has 110 valence electrons. The Morgan fingerprint density at radius 2 is 1.84 bits per heavy atom. The quantitative estimate of drug-likeness (QED) is 0.777. The van der Waals surface area contributed by atoms with Crippen LogP contribution < -0.4 is 19.9 Å². The number of aliphatic hydroxyl groups is 1. The zero-order valence-corrected chi connectivity index (χ0v) is 12.4. The topological polar surface area (TPSA) is 73.9 Å². The molecular weight excluding hydrogens is 246 g/mol. The number of rotatable bonds is 6. The summed E-state index contributed by atoms with van der Waals surface area (Å²) in [5.74, 6) is 1.61. The lowest BCUT2D eigenvalue weighted by molar-refractivity contribution is 0.154. The first-order valence-corrected chi connectivity index (χ1v) is 6.40. The van der Waals surface area contributed by atoms with E-state index in [9.17, 15) is 0 Å². The number of anilines is 1. The van der Waals surface area contributed by atoms with Crippen molar-refractivity contribution in [2.45, 2.75) is 33.3 Å². The van der Waals surface area contributed by atoms with Crippen LogP contribution in [0, 0.1) is 0 Å². The Balaban J connectivity index is 0.00000154. The lowest BCUT2D eigenvalue weighted by Gasteiger charge is -2.14. The van der Waals surface area contributed by atoms with Crippen LogP contribution in [-0.4, -0.2) is 32.0 Å². The van der Waals surface area contributed by atoms with Crippen LogP contribution in [0.1, 0.15) is 27.2 Å². The molecule has 0 saturated carbocycles. The highest BCUT2D eigenvalue weighted by molar-refractivity contribution is 5.63. The molecular formula is C14H25NO4. The molecule has 0 radical (unpaired) electrons. The summed E-state index contributed by atoms with van der Waals surface area (Å²) in [5.41, 5.74) is 6.29. The van der Waals surface area contributed by atoms with Crippen molar-refractivity contribution in [3.63, 3.8) is 0 Å². The first kappa shape index (κ1) is 17.4. The van der Waals surface area contributed by atoms with Crippen molar-refractivity contribution in [1.29, 1.82) is 0 Å². The van der Waals surface area contributed by atoms with Gasteiger partial charge in [0.25, 0.3) is 0 Å². The molecule has 1 atom stereocenters. The van der Waals surface area contributed by atoms with Crippen molar-refractivity contribution in [3.8, 4) is 17.2 Å². The number of nitrogens with two attached hydrogens (primary N) is 1. The largest absolute Gasteiger partial charge is 0.497 e. The molecule has 5 heteroatoms. The van der Waals surface area contributed by atoms with Gasteiger partial charge in [-0.05, 0) is 6.92 Å². The van der Waals surface area contributed by atoms with Gasteiger partial charge >= 0.3 is 0 Å². The Bertz CT molecular complexity index is 367. The standard InChI is InChI=1S/C12H19NO4.C2H6/c1-8(14)4-5-17-12-10(13)6-9(15-2)7-11(12)16-3;1-2/h6-8,14H,4-5,13H2,1-3H3;1-2H3. The van der Waals surface area contributed by atoms with Crippen molar-refractivity contribution in [2.24, 2.45) is 0 Å². The highest BCUT2D eigenvalue weighted by Gasteiger charge is 2.11. The maximum atomic E-state index is 9.15. The molecule has 0 fully saturated rings. The van der Waals surface area contributed by atoms with Gasteiger partial charge in [0.2, 0.25) is 0 Å². The monoisotopic (exact) mass is 271 g/mol. The molecule has 1 unspecified atom stereocenters. The number of methoxy groups -OCH3 is 2. The summed E-state index contributed by atoms with van der Waals surface area (Å²) in [6.07, 6.45) is 0.134. The van der Waals surface area contributed by atoms with Crippen LogP contribution in [-0.2, 0) is 0 Å². The normalized spacial score (nSPS) is 11.1. The third-order valence-corrected chi connectivity index (χ3v) is 2.29. The molecule has 3 N–H and O–H groups in total. The average Bonchev–Trinajstić information content (AvgIpc) is 2.41. The van der Waals surface area contributed by atoms with Gasteiger partial charge < -0.3 is 25.1 Å². The minimum Gasteiger partial charge on any atom is -0.497 e. The zero-order valence-electron chi connectivity index (χ0n) is 12.4. The predicted molar refractivity (Wildman–Crippen MR) is 77.1 cm³/mol. The zero-order chi connectivity index (χ0) is 14.8. The summed E-state index contributed by atoms with van der Waals surface area (Å²) < 4.78 is 15.8. The Morgan fingerprint density at radius 1 is 1.21 bits per heavy atom. The highest BCUT2D eigenvalue weighted by atomic mass is 16.5. The van der Waals surface area contributed by atoms with Gasteiger partial charge in [-0.2, -0.15) is 0 Å². The van der Waals surface area contributed by atoms with Crippen LogP contribution >= 0.6 is 0 Å². The molecule has 1 rings (SSSR count). The van der Waals surface area contributed by atoms with Crippen molar-refractivity contribution >= 4 is 5.69 Å². The van der Waals surface area contributed by atoms with Crippen molar-refractivity contribution in [1.82, 2.24) is 0 Å². The van der Waals surface area contributed by atoms with Gasteiger partial charge in [0, 0.05) is 18.6 Å². The van der Waals surface area contributed by atoms with Gasteiger partial charge in [-0.1, -0.05) is 13.8 Å². The first-order chi connectivity index (χ1) is 9.08. The van der Waals surface area contributed by atoms with E-state index < -0.39 is 6.10 Å². The summed E-state index contributed by atoms with van der Waals surface area (Å²) in [7, 11) is 3.10. The summed E-state index contributed by atoms with van der Waals surface area (Å²) in [6, 6.07) is 3.37. The molecule has 0 aliphatic rings. The second kappa shape index (κ2) is 9.33. The van der Waals surface area contributed by atoms with Crippen LogP contribution in [0.15, 0.2) is 12.1 Å². The molecule has 0 aromatic heterocycles. The van der Waals surface area contributed by atoms with Crippen molar-refractivity contribution in [3.05, 3.63) is 12.1 Å². The molecule has 0 spiro atoms. The van der Waals surface area contributed by atoms with Gasteiger partial charge in [0.05, 0.1) is 32.6 Å². The van der Waals surface area contributed by atoms with E-state index in [-0.39, 0.29) is 0 Å². The van der Waals surface area contributed by atoms with E-state index in [0.29, 0.717) is 36.0 Å². The fourth-order valence-corrected chi connectivity index (χ4v) is 1.35. The Kier molecular flexibility index (Phi) is 8.53. The summed E-state index contributed by atoms with van der Waals surface area (Å²) >= 11 is 0. The number of hydrogen-bond acceptors (Lipinski definition) is 5. The number of ether oxygens (including phenoxy) is 3. The molecule has 0 amide bonds. The van der Waals surface area contributed by atoms with Crippen molar-refractivity contribution in [2.75, 3.05) is 26.6 Å². The van der Waals surface area contributed by atoms with E-state index in [1.807, 2.05) is 13.8 Å². The Hall–Kier alpha value is -1.62. The third-order valence-electron chi connectivity index (χ3n) is 2.29. The van der Waals surface area contributed by atoms with E-state index in [0.717, 1.165) is 0 Å². The molecule has 19 heavy (non-hydrogen) atoms. The van der Waals surface area contributed by atoms with Gasteiger partial charge in [0.1, 0.15) is 5.75 Å². The molecule has 0 heterocycles. The SMILES string of the molecule is CC.COc1cc(N)c(OCCC(C)O)c(OC)c1. The summed E-state index contributed by atoms with van der Waals surface area (Å²) in [4.78, 5) is 0. The Morgan fingerprint density at radius 3 is 2.32 bits per heavy atom. The van der Waals surface area contributed by atoms with E-state index >= 15 is 0 Å². The lowest BCUT2D eigenvalue weighted by atomic mass is 10.2. The van der Waals surface area contributed by atoms with Gasteiger partial charge in [0.15, 0.2) is 11.5 Å². The number of aliphatic hydroxyl groups excluding tert-OH is 1. The average molecular weight is 271 g/mol. The first-order valence-electron chi connectivity index (χ1n) is 6.40. The molecule has 0 saturated heterocycles. The maximum absolute atomic E-state index is 9.15. The van der Waals surface area contributed by atoms with Crippen LogP contribution in [0.4, 0.5) is 5.69 Å². The number of nitrogen functional groups attached to an aromatic ring is 1. The van der Waals surface area contributed by atoms with E-state index in [1.165, 1.54) is 7.11 Å². The molecule has 1 aromatic rings. The fraction of sp³-hybridized carbons (Fsp3) is 0.571. The minimum absolute atomic E-state index is 0.380. The van der Waals surface area contributed by atoms with Gasteiger partial charge in [-0.3, -0.25) is 0 Å². The summed E-state index contributed by atoms with van der Waals surface area (Å²) in [5, 5.41) is 9.15. The fourth-order valence-electron chi connectivity index (χ4n) is 1.35. The molecule has 5 nitrogen and oxygen atoms in total. The second-order valence-electron chi connectivity index (χ2n) is 3.73. The number of hydrogen-bond donors (Lipinski definition) is 2. The molecule has 0 aliphatic heterocycles. The molecule has 0 aliphatic carbocycles. The van der Waals surface area contributed by atoms with E-state index in [4.69, 9.17) is 25.1 Å². The maximum Gasteiger partial charge on any atom is 0.184 e. The smallest absolute Gasteiger partial charge is 0.184 e. The van der Waals surface area contributed by atoms with Crippen LogP contribution in [0.2, 0.25) is 0 Å².